The molecule has 2 rings (SSSR count). The first-order valence-corrected chi connectivity index (χ1v) is 7.50. The van der Waals surface area contributed by atoms with Crippen molar-refractivity contribution in [1.82, 2.24) is 4.90 Å². The Morgan fingerprint density at radius 2 is 1.75 bits per heavy atom. The van der Waals surface area contributed by atoms with Gasteiger partial charge in [-0.3, -0.25) is 4.90 Å². The topological polar surface area (TPSA) is 23.5 Å². The summed E-state index contributed by atoms with van der Waals surface area (Å²) < 4.78 is 27.6. The fraction of sp³-hybridized carbons (Fsp3) is 0.625. The van der Waals surface area contributed by atoms with Crippen molar-refractivity contribution in [2.45, 2.75) is 51.1 Å². The van der Waals surface area contributed by atoms with Gasteiger partial charge in [0.1, 0.15) is 11.6 Å². The molecule has 1 aliphatic rings. The first-order chi connectivity index (χ1) is 9.72. The number of aliphatic hydroxyl groups is 1. The molecule has 0 aliphatic heterocycles. The SMILES string of the molecule is OCCCCN(Cc1c(F)cccc1F)C1CCCC1. The lowest BCUT2D eigenvalue weighted by Crippen LogP contribution is -2.34. The van der Waals surface area contributed by atoms with Crippen molar-refractivity contribution in [3.63, 3.8) is 0 Å². The molecule has 0 heterocycles. The number of hydrogen-bond acceptors (Lipinski definition) is 2. The standard InChI is InChI=1S/C16H23F2NO/c17-15-8-5-9-16(18)14(15)12-19(10-3-4-11-20)13-6-1-2-7-13/h5,8-9,13,20H,1-4,6-7,10-12H2. The molecule has 0 unspecified atom stereocenters. The van der Waals surface area contributed by atoms with E-state index in [1.807, 2.05) is 0 Å². The molecular weight excluding hydrogens is 260 g/mol. The second kappa shape index (κ2) is 7.70. The molecule has 0 bridgehead atoms. The van der Waals surface area contributed by atoms with Crippen LogP contribution in [-0.4, -0.2) is 29.2 Å². The normalized spacial score (nSPS) is 16.2. The Kier molecular flexibility index (Phi) is 5.92. The van der Waals surface area contributed by atoms with Gasteiger partial charge in [-0.2, -0.15) is 0 Å². The lowest BCUT2D eigenvalue weighted by molar-refractivity contribution is 0.174. The van der Waals surface area contributed by atoms with Crippen LogP contribution in [0.5, 0.6) is 0 Å². The van der Waals surface area contributed by atoms with Crippen LogP contribution >= 0.6 is 0 Å². The molecule has 0 aromatic heterocycles. The lowest BCUT2D eigenvalue weighted by atomic mass is 10.1. The van der Waals surface area contributed by atoms with Crippen molar-refractivity contribution >= 4 is 0 Å². The number of unbranched alkanes of at least 4 members (excludes halogenated alkanes) is 1. The summed E-state index contributed by atoms with van der Waals surface area (Å²) >= 11 is 0. The molecule has 4 heteroatoms. The van der Waals surface area contributed by atoms with Crippen LogP contribution in [0.15, 0.2) is 18.2 Å². The van der Waals surface area contributed by atoms with Crippen molar-refractivity contribution in [3.05, 3.63) is 35.4 Å². The van der Waals surface area contributed by atoms with E-state index in [9.17, 15) is 8.78 Å². The molecular formula is C16H23F2NO. The average molecular weight is 283 g/mol. The molecule has 1 aliphatic carbocycles. The second-order valence-corrected chi connectivity index (χ2v) is 5.54. The van der Waals surface area contributed by atoms with E-state index in [0.717, 1.165) is 32.2 Å². The zero-order valence-electron chi connectivity index (χ0n) is 11.8. The summed E-state index contributed by atoms with van der Waals surface area (Å²) in [6.45, 7) is 1.29. The molecule has 1 aromatic rings. The van der Waals surface area contributed by atoms with Crippen LogP contribution in [-0.2, 0) is 6.54 Å². The number of benzene rings is 1. The van der Waals surface area contributed by atoms with Crippen molar-refractivity contribution in [3.8, 4) is 0 Å². The zero-order chi connectivity index (χ0) is 14.4. The fourth-order valence-electron chi connectivity index (χ4n) is 2.97. The third-order valence-corrected chi connectivity index (χ3v) is 4.12. The summed E-state index contributed by atoms with van der Waals surface area (Å²) in [5, 5.41) is 8.88. The minimum absolute atomic E-state index is 0.170. The maximum atomic E-state index is 13.8. The summed E-state index contributed by atoms with van der Waals surface area (Å²) in [7, 11) is 0. The van der Waals surface area contributed by atoms with Crippen LogP contribution in [0, 0.1) is 11.6 Å². The molecule has 1 fully saturated rings. The number of hydrogen-bond donors (Lipinski definition) is 1. The smallest absolute Gasteiger partial charge is 0.130 e. The minimum Gasteiger partial charge on any atom is -0.396 e. The van der Waals surface area contributed by atoms with E-state index < -0.39 is 11.6 Å². The summed E-state index contributed by atoms with van der Waals surface area (Å²) in [6, 6.07) is 4.46. The van der Waals surface area contributed by atoms with Gasteiger partial charge in [-0.25, -0.2) is 8.78 Å². The van der Waals surface area contributed by atoms with Crippen LogP contribution in [0.4, 0.5) is 8.78 Å². The average Bonchev–Trinajstić information content (AvgIpc) is 2.95. The highest BCUT2D eigenvalue weighted by molar-refractivity contribution is 5.19. The van der Waals surface area contributed by atoms with Crippen molar-refractivity contribution in [1.29, 1.82) is 0 Å². The van der Waals surface area contributed by atoms with Gasteiger partial charge in [0.2, 0.25) is 0 Å². The molecule has 1 aromatic carbocycles. The third-order valence-electron chi connectivity index (χ3n) is 4.12. The van der Waals surface area contributed by atoms with Crippen molar-refractivity contribution in [2.24, 2.45) is 0 Å². The second-order valence-electron chi connectivity index (χ2n) is 5.54. The van der Waals surface area contributed by atoms with E-state index in [4.69, 9.17) is 5.11 Å². The monoisotopic (exact) mass is 283 g/mol. The van der Waals surface area contributed by atoms with E-state index in [2.05, 4.69) is 4.90 Å². The highest BCUT2D eigenvalue weighted by Crippen LogP contribution is 2.26. The van der Waals surface area contributed by atoms with E-state index in [0.29, 0.717) is 12.6 Å². The Balaban J connectivity index is 2.05. The van der Waals surface area contributed by atoms with Crippen molar-refractivity contribution in [2.75, 3.05) is 13.2 Å². The van der Waals surface area contributed by atoms with E-state index in [-0.39, 0.29) is 12.2 Å². The number of aliphatic hydroxyl groups excluding tert-OH is 1. The van der Waals surface area contributed by atoms with Gasteiger partial charge in [0.25, 0.3) is 0 Å². The predicted molar refractivity (Wildman–Crippen MR) is 75.3 cm³/mol. The molecule has 2 nitrogen and oxygen atoms in total. The van der Waals surface area contributed by atoms with Gasteiger partial charge in [-0.15, -0.1) is 0 Å². The van der Waals surface area contributed by atoms with Gasteiger partial charge in [-0.1, -0.05) is 18.9 Å². The zero-order valence-corrected chi connectivity index (χ0v) is 11.8. The van der Waals surface area contributed by atoms with Crippen molar-refractivity contribution < 1.29 is 13.9 Å². The molecule has 0 atom stereocenters. The Morgan fingerprint density at radius 3 is 2.35 bits per heavy atom. The van der Waals surface area contributed by atoms with Crippen LogP contribution < -0.4 is 0 Å². The molecule has 0 spiro atoms. The minimum atomic E-state index is -0.463. The highest BCUT2D eigenvalue weighted by atomic mass is 19.1. The highest BCUT2D eigenvalue weighted by Gasteiger charge is 2.24. The Bertz CT molecular complexity index is 399. The van der Waals surface area contributed by atoms with Gasteiger partial charge in [0.15, 0.2) is 0 Å². The maximum absolute atomic E-state index is 13.8. The largest absolute Gasteiger partial charge is 0.396 e. The fourth-order valence-corrected chi connectivity index (χ4v) is 2.97. The molecule has 0 amide bonds. The molecule has 20 heavy (non-hydrogen) atoms. The summed E-state index contributed by atoms with van der Waals surface area (Å²) in [5.74, 6) is -0.926. The Labute approximate surface area is 119 Å². The summed E-state index contributed by atoms with van der Waals surface area (Å²) in [4.78, 5) is 2.18. The third kappa shape index (κ3) is 4.00. The maximum Gasteiger partial charge on any atom is 0.130 e. The van der Waals surface area contributed by atoms with Crippen LogP contribution in [0.25, 0.3) is 0 Å². The molecule has 1 N–H and O–H groups in total. The summed E-state index contributed by atoms with van der Waals surface area (Å²) in [6.07, 6.45) is 6.21. The van der Waals surface area contributed by atoms with Gasteiger partial charge >= 0.3 is 0 Å². The van der Waals surface area contributed by atoms with Crippen LogP contribution in [0.2, 0.25) is 0 Å². The van der Waals surface area contributed by atoms with Gasteiger partial charge in [0, 0.05) is 24.8 Å². The van der Waals surface area contributed by atoms with Crippen LogP contribution in [0.3, 0.4) is 0 Å². The number of nitrogens with zero attached hydrogens (tertiary/aromatic N) is 1. The van der Waals surface area contributed by atoms with Gasteiger partial charge in [-0.05, 0) is 44.4 Å². The first kappa shape index (κ1) is 15.4. The molecule has 0 saturated heterocycles. The van der Waals surface area contributed by atoms with Gasteiger partial charge in [0.05, 0.1) is 0 Å². The molecule has 112 valence electrons. The molecule has 1 saturated carbocycles. The lowest BCUT2D eigenvalue weighted by Gasteiger charge is -2.29. The van der Waals surface area contributed by atoms with Gasteiger partial charge < -0.3 is 5.11 Å². The Hall–Kier alpha value is -1.00. The summed E-state index contributed by atoms with van der Waals surface area (Å²) in [5.41, 5.74) is 0.170. The van der Waals surface area contributed by atoms with E-state index in [1.165, 1.54) is 31.0 Å². The first-order valence-electron chi connectivity index (χ1n) is 7.50. The Morgan fingerprint density at radius 1 is 1.10 bits per heavy atom. The quantitative estimate of drug-likeness (QED) is 0.774. The van der Waals surface area contributed by atoms with E-state index >= 15 is 0 Å². The molecule has 0 radical (unpaired) electrons. The number of halogens is 2. The van der Waals surface area contributed by atoms with E-state index in [1.54, 1.807) is 0 Å². The number of rotatable bonds is 7. The van der Waals surface area contributed by atoms with Crippen LogP contribution in [0.1, 0.15) is 44.1 Å². The predicted octanol–water partition coefficient (Wildman–Crippen LogP) is 3.48.